The van der Waals surface area contributed by atoms with Crippen LogP contribution in [0.15, 0.2) is 22.7 Å². The molecule has 2 atom stereocenters. The number of nitrogens with one attached hydrogen (secondary N) is 1. The molecule has 1 aliphatic heterocycles. The monoisotopic (exact) mass is 296 g/mol. The van der Waals surface area contributed by atoms with E-state index in [4.69, 9.17) is 10.2 Å². The van der Waals surface area contributed by atoms with E-state index in [1.54, 1.807) is 0 Å². The molecule has 5 nitrogen and oxygen atoms in total. The number of aromatic nitrogens is 2. The number of likely N-dealkylation sites (tertiary alicyclic amines) is 1. The number of hydrogen-bond donors (Lipinski definition) is 2. The van der Waals surface area contributed by atoms with Crippen molar-refractivity contribution < 1.29 is 4.42 Å². The molecule has 0 aromatic carbocycles. The summed E-state index contributed by atoms with van der Waals surface area (Å²) < 4.78 is 5.66. The Balaban J connectivity index is 0.00000147. The molecule has 0 amide bonds. The second kappa shape index (κ2) is 5.99. The van der Waals surface area contributed by atoms with Crippen LogP contribution in [0.5, 0.6) is 0 Å². The molecule has 3 rings (SSSR count). The van der Waals surface area contributed by atoms with Crippen molar-refractivity contribution in [2.45, 2.75) is 26.4 Å². The molecule has 2 aromatic heterocycles. The smallest absolute Gasteiger partial charge is 0.152 e. The number of nitrogens with zero attached hydrogens (tertiary/aromatic N) is 2. The molecule has 0 spiro atoms. The van der Waals surface area contributed by atoms with Gasteiger partial charge in [0.05, 0.1) is 6.20 Å². The Hall–Kier alpha value is -1.30. The van der Waals surface area contributed by atoms with Gasteiger partial charge in [-0.2, -0.15) is 5.10 Å². The molecular formula is C14H21ClN4O. The lowest BCUT2D eigenvalue weighted by Crippen LogP contribution is -2.28. The number of aromatic amines is 1. The average Bonchev–Trinajstić information content (AvgIpc) is 3.03. The predicted octanol–water partition coefficient (Wildman–Crippen LogP) is 2.18. The summed E-state index contributed by atoms with van der Waals surface area (Å²) in [4.78, 5) is 2.37. The minimum Gasteiger partial charge on any atom is -0.460 e. The number of furan rings is 1. The van der Waals surface area contributed by atoms with Crippen LogP contribution in [0, 0.1) is 12.8 Å². The van der Waals surface area contributed by atoms with Crippen LogP contribution >= 0.6 is 12.4 Å². The maximum Gasteiger partial charge on any atom is 0.152 e. The van der Waals surface area contributed by atoms with Gasteiger partial charge in [0.2, 0.25) is 0 Å². The van der Waals surface area contributed by atoms with Crippen LogP contribution < -0.4 is 5.73 Å². The Morgan fingerprint density at radius 3 is 2.85 bits per heavy atom. The number of aryl methyl sites for hydroxylation is 1. The normalized spacial score (nSPS) is 22.9. The standard InChI is InChI=1S/C14H20N4O.ClH/c1-9-6-18(8-12(9)15)7-11-5-16-17-14(11)13-4-3-10(2)19-13;/h3-5,9,12H,6-8,15H2,1-2H3,(H,16,17);1H. The Morgan fingerprint density at radius 2 is 2.25 bits per heavy atom. The van der Waals surface area contributed by atoms with E-state index in [1.807, 2.05) is 25.3 Å². The van der Waals surface area contributed by atoms with Crippen molar-refractivity contribution in [3.05, 3.63) is 29.7 Å². The molecule has 1 aliphatic rings. The number of nitrogens with two attached hydrogens (primary N) is 1. The highest BCUT2D eigenvalue weighted by Crippen LogP contribution is 2.26. The minimum absolute atomic E-state index is 0. The molecule has 1 fully saturated rings. The first kappa shape index (κ1) is 15.1. The molecule has 6 heteroatoms. The van der Waals surface area contributed by atoms with E-state index in [2.05, 4.69) is 22.0 Å². The van der Waals surface area contributed by atoms with E-state index in [0.29, 0.717) is 5.92 Å². The van der Waals surface area contributed by atoms with Crippen LogP contribution in [0.3, 0.4) is 0 Å². The average molecular weight is 297 g/mol. The van der Waals surface area contributed by atoms with E-state index in [9.17, 15) is 0 Å². The first-order chi connectivity index (χ1) is 9.13. The fraction of sp³-hybridized carbons (Fsp3) is 0.500. The number of halogens is 1. The first-order valence-corrected chi connectivity index (χ1v) is 6.70. The zero-order valence-electron chi connectivity index (χ0n) is 11.8. The van der Waals surface area contributed by atoms with Crippen LogP contribution in [0.1, 0.15) is 18.2 Å². The van der Waals surface area contributed by atoms with Crippen molar-refractivity contribution in [1.29, 1.82) is 0 Å². The van der Waals surface area contributed by atoms with Gasteiger partial charge in [0.1, 0.15) is 11.5 Å². The lowest BCUT2D eigenvalue weighted by Gasteiger charge is -2.14. The van der Waals surface area contributed by atoms with Crippen LogP contribution in [0.4, 0.5) is 0 Å². The lowest BCUT2D eigenvalue weighted by molar-refractivity contribution is 0.319. The van der Waals surface area contributed by atoms with Crippen LogP contribution in [0.2, 0.25) is 0 Å². The van der Waals surface area contributed by atoms with Crippen molar-refractivity contribution in [2.75, 3.05) is 13.1 Å². The number of H-pyrrole nitrogens is 1. The summed E-state index contributed by atoms with van der Waals surface area (Å²) in [5, 5.41) is 7.18. The van der Waals surface area contributed by atoms with Gasteiger partial charge in [-0.15, -0.1) is 12.4 Å². The van der Waals surface area contributed by atoms with Gasteiger partial charge >= 0.3 is 0 Å². The third-order valence-electron chi connectivity index (χ3n) is 3.84. The summed E-state index contributed by atoms with van der Waals surface area (Å²) in [5.74, 6) is 2.31. The van der Waals surface area contributed by atoms with E-state index in [-0.39, 0.29) is 18.4 Å². The van der Waals surface area contributed by atoms with Crippen LogP contribution in [-0.2, 0) is 6.54 Å². The Bertz CT molecular complexity index is 555. The molecule has 2 unspecified atom stereocenters. The Kier molecular flexibility index (Phi) is 4.52. The highest BCUT2D eigenvalue weighted by atomic mass is 35.5. The second-order valence-electron chi connectivity index (χ2n) is 5.52. The van der Waals surface area contributed by atoms with Gasteiger partial charge in [-0.25, -0.2) is 0 Å². The molecule has 110 valence electrons. The fourth-order valence-electron chi connectivity index (χ4n) is 2.68. The Labute approximate surface area is 124 Å². The molecule has 0 saturated carbocycles. The molecule has 2 aromatic rings. The highest BCUT2D eigenvalue weighted by molar-refractivity contribution is 5.85. The molecule has 0 bridgehead atoms. The Morgan fingerprint density at radius 1 is 1.45 bits per heavy atom. The summed E-state index contributed by atoms with van der Waals surface area (Å²) in [6.07, 6.45) is 1.88. The largest absolute Gasteiger partial charge is 0.460 e. The lowest BCUT2D eigenvalue weighted by atomic mass is 10.1. The summed E-state index contributed by atoms with van der Waals surface area (Å²) in [6.45, 7) is 7.01. The zero-order valence-corrected chi connectivity index (χ0v) is 12.6. The fourth-order valence-corrected chi connectivity index (χ4v) is 2.68. The first-order valence-electron chi connectivity index (χ1n) is 6.70. The van der Waals surface area contributed by atoms with Crippen molar-refractivity contribution in [2.24, 2.45) is 11.7 Å². The third kappa shape index (κ3) is 2.90. The number of rotatable bonds is 3. The predicted molar refractivity (Wildman–Crippen MR) is 80.7 cm³/mol. The molecule has 3 N–H and O–H groups in total. The van der Waals surface area contributed by atoms with E-state index < -0.39 is 0 Å². The quantitative estimate of drug-likeness (QED) is 0.911. The highest BCUT2D eigenvalue weighted by Gasteiger charge is 2.27. The van der Waals surface area contributed by atoms with Crippen molar-refractivity contribution in [3.63, 3.8) is 0 Å². The van der Waals surface area contributed by atoms with Crippen LogP contribution in [0.25, 0.3) is 11.5 Å². The SMILES string of the molecule is Cc1ccc(-c2[nH]ncc2CN2CC(C)C(N)C2)o1.Cl. The van der Waals surface area contributed by atoms with Crippen molar-refractivity contribution in [1.82, 2.24) is 15.1 Å². The molecular weight excluding hydrogens is 276 g/mol. The number of hydrogen-bond acceptors (Lipinski definition) is 4. The van der Waals surface area contributed by atoms with Gasteiger partial charge in [-0.3, -0.25) is 10.00 Å². The maximum absolute atomic E-state index is 6.07. The summed E-state index contributed by atoms with van der Waals surface area (Å²) in [5.41, 5.74) is 8.20. The van der Waals surface area contributed by atoms with E-state index in [0.717, 1.165) is 42.4 Å². The van der Waals surface area contributed by atoms with Crippen molar-refractivity contribution >= 4 is 12.4 Å². The molecule has 0 radical (unpaired) electrons. The van der Waals surface area contributed by atoms with Gasteiger partial charge in [0.25, 0.3) is 0 Å². The molecule has 0 aliphatic carbocycles. The topological polar surface area (TPSA) is 71.1 Å². The van der Waals surface area contributed by atoms with Crippen LogP contribution in [-0.4, -0.2) is 34.2 Å². The molecule has 20 heavy (non-hydrogen) atoms. The summed E-state index contributed by atoms with van der Waals surface area (Å²) in [6, 6.07) is 4.22. The van der Waals surface area contributed by atoms with Gasteiger partial charge in [-0.1, -0.05) is 6.92 Å². The molecule has 3 heterocycles. The third-order valence-corrected chi connectivity index (χ3v) is 3.84. The second-order valence-corrected chi connectivity index (χ2v) is 5.52. The summed E-state index contributed by atoms with van der Waals surface area (Å²) >= 11 is 0. The maximum atomic E-state index is 6.07. The van der Waals surface area contributed by atoms with E-state index in [1.165, 1.54) is 0 Å². The van der Waals surface area contributed by atoms with Gasteiger partial charge in [0.15, 0.2) is 5.76 Å². The van der Waals surface area contributed by atoms with E-state index >= 15 is 0 Å². The minimum atomic E-state index is 0. The molecule has 1 saturated heterocycles. The summed E-state index contributed by atoms with van der Waals surface area (Å²) in [7, 11) is 0. The van der Waals surface area contributed by atoms with Gasteiger partial charge < -0.3 is 10.2 Å². The van der Waals surface area contributed by atoms with Gasteiger partial charge in [-0.05, 0) is 25.0 Å². The zero-order chi connectivity index (χ0) is 13.4. The van der Waals surface area contributed by atoms with Crippen molar-refractivity contribution in [3.8, 4) is 11.5 Å². The van der Waals surface area contributed by atoms with Gasteiger partial charge in [0, 0.05) is 31.2 Å².